The Morgan fingerprint density at radius 1 is 1.40 bits per heavy atom. The molecule has 0 unspecified atom stereocenters. The van der Waals surface area contributed by atoms with Gasteiger partial charge in [-0.2, -0.15) is 0 Å². The fourth-order valence-electron chi connectivity index (χ4n) is 1.84. The minimum atomic E-state index is -0.104. The third-order valence-electron chi connectivity index (χ3n) is 3.04. The average molecular weight is 289 g/mol. The molecule has 1 heterocycles. The van der Waals surface area contributed by atoms with Gasteiger partial charge in [0.05, 0.1) is 12.2 Å². The van der Waals surface area contributed by atoms with E-state index in [0.29, 0.717) is 24.6 Å². The summed E-state index contributed by atoms with van der Waals surface area (Å²) in [5, 5.41) is 5.86. The molecule has 0 bridgehead atoms. The van der Waals surface area contributed by atoms with Crippen LogP contribution in [0, 0.1) is 0 Å². The van der Waals surface area contributed by atoms with E-state index in [9.17, 15) is 4.79 Å². The van der Waals surface area contributed by atoms with Crippen LogP contribution in [-0.2, 0) is 13.1 Å². The van der Waals surface area contributed by atoms with Gasteiger partial charge in [0, 0.05) is 17.5 Å². The third-order valence-corrected chi connectivity index (χ3v) is 3.91. The van der Waals surface area contributed by atoms with E-state index < -0.39 is 0 Å². The van der Waals surface area contributed by atoms with Crippen molar-refractivity contribution in [3.8, 4) is 0 Å². The summed E-state index contributed by atoms with van der Waals surface area (Å²) in [7, 11) is 0. The monoisotopic (exact) mass is 289 g/mol. The van der Waals surface area contributed by atoms with E-state index >= 15 is 0 Å². The molecule has 20 heavy (non-hydrogen) atoms. The van der Waals surface area contributed by atoms with Crippen LogP contribution in [0.1, 0.15) is 46.4 Å². The van der Waals surface area contributed by atoms with Crippen molar-refractivity contribution in [1.29, 1.82) is 0 Å². The third kappa shape index (κ3) is 3.43. The van der Waals surface area contributed by atoms with Gasteiger partial charge in [-0.1, -0.05) is 32.0 Å². The zero-order chi connectivity index (χ0) is 14.5. The number of carbonyl (C=O) groups excluding carboxylic acids is 1. The number of thiazole rings is 1. The zero-order valence-corrected chi connectivity index (χ0v) is 12.5. The number of rotatable bonds is 5. The molecule has 0 spiro atoms. The second kappa shape index (κ2) is 6.63. The number of benzene rings is 1. The van der Waals surface area contributed by atoms with E-state index in [0.717, 1.165) is 16.3 Å². The Balaban J connectivity index is 2.01. The Labute approximate surface area is 123 Å². The van der Waals surface area contributed by atoms with Crippen molar-refractivity contribution in [2.75, 3.05) is 0 Å². The van der Waals surface area contributed by atoms with Crippen molar-refractivity contribution in [3.05, 3.63) is 51.5 Å². The lowest BCUT2D eigenvalue weighted by Gasteiger charge is -2.07. The fraction of sp³-hybridized carbons (Fsp3) is 0.333. The highest BCUT2D eigenvalue weighted by Gasteiger charge is 2.11. The smallest absolute Gasteiger partial charge is 0.251 e. The summed E-state index contributed by atoms with van der Waals surface area (Å²) in [6.45, 7) is 5.03. The van der Waals surface area contributed by atoms with E-state index in [-0.39, 0.29) is 5.91 Å². The number of carbonyl (C=O) groups is 1. The van der Waals surface area contributed by atoms with Gasteiger partial charge in [-0.05, 0) is 17.5 Å². The molecule has 0 atom stereocenters. The number of nitrogens with zero attached hydrogens (tertiary/aromatic N) is 1. The molecule has 1 aromatic carbocycles. The molecule has 3 N–H and O–H groups in total. The molecule has 106 valence electrons. The molecule has 2 rings (SSSR count). The van der Waals surface area contributed by atoms with Gasteiger partial charge in [0.25, 0.3) is 5.91 Å². The van der Waals surface area contributed by atoms with Gasteiger partial charge in [0.2, 0.25) is 0 Å². The second-order valence-corrected chi connectivity index (χ2v) is 5.81. The van der Waals surface area contributed by atoms with E-state index in [4.69, 9.17) is 5.73 Å². The molecule has 0 aliphatic heterocycles. The van der Waals surface area contributed by atoms with Crippen molar-refractivity contribution < 1.29 is 4.79 Å². The van der Waals surface area contributed by atoms with Gasteiger partial charge in [-0.15, -0.1) is 11.3 Å². The minimum Gasteiger partial charge on any atom is -0.346 e. The van der Waals surface area contributed by atoms with Gasteiger partial charge in [0.1, 0.15) is 5.01 Å². The lowest BCUT2D eigenvalue weighted by Crippen LogP contribution is -2.24. The van der Waals surface area contributed by atoms with E-state index in [2.05, 4.69) is 24.1 Å². The van der Waals surface area contributed by atoms with Crippen LogP contribution in [-0.4, -0.2) is 10.9 Å². The molecule has 0 fully saturated rings. The molecule has 0 saturated carbocycles. The topological polar surface area (TPSA) is 68.0 Å². The lowest BCUT2D eigenvalue weighted by molar-refractivity contribution is 0.0950. The quantitative estimate of drug-likeness (QED) is 0.889. The van der Waals surface area contributed by atoms with Crippen molar-refractivity contribution in [2.24, 2.45) is 5.73 Å². The summed E-state index contributed by atoms with van der Waals surface area (Å²) in [6, 6.07) is 7.39. The second-order valence-electron chi connectivity index (χ2n) is 4.86. The number of aromatic nitrogens is 1. The fourth-order valence-corrected chi connectivity index (χ4v) is 2.74. The zero-order valence-electron chi connectivity index (χ0n) is 11.7. The van der Waals surface area contributed by atoms with Crippen molar-refractivity contribution >= 4 is 17.2 Å². The Hall–Kier alpha value is -1.72. The normalized spacial score (nSPS) is 10.8. The van der Waals surface area contributed by atoms with E-state index in [1.807, 2.05) is 23.6 Å². The first-order valence-electron chi connectivity index (χ1n) is 6.62. The lowest BCUT2D eigenvalue weighted by atomic mass is 10.1. The molecular weight excluding hydrogens is 270 g/mol. The van der Waals surface area contributed by atoms with Crippen LogP contribution in [0.2, 0.25) is 0 Å². The van der Waals surface area contributed by atoms with Gasteiger partial charge < -0.3 is 11.1 Å². The van der Waals surface area contributed by atoms with Crippen LogP contribution in [0.25, 0.3) is 0 Å². The maximum atomic E-state index is 12.1. The molecular formula is C15H19N3OS. The first kappa shape index (κ1) is 14.7. The summed E-state index contributed by atoms with van der Waals surface area (Å²) in [5.41, 5.74) is 8.20. The number of hydrogen-bond donors (Lipinski definition) is 2. The molecule has 0 aliphatic carbocycles. The summed E-state index contributed by atoms with van der Waals surface area (Å²) >= 11 is 1.57. The average Bonchev–Trinajstić information content (AvgIpc) is 2.94. The SMILES string of the molecule is CC(C)c1csc(CNC(=O)c2ccccc2CN)n1. The Kier molecular flexibility index (Phi) is 4.87. The van der Waals surface area contributed by atoms with Crippen molar-refractivity contribution in [1.82, 2.24) is 10.3 Å². The molecule has 0 aliphatic rings. The molecule has 2 aromatic rings. The molecule has 5 heteroatoms. The summed E-state index contributed by atoms with van der Waals surface area (Å²) in [4.78, 5) is 16.6. The standard InChI is InChI=1S/C15H19N3OS/c1-10(2)13-9-20-14(18-13)8-17-15(19)12-6-4-3-5-11(12)7-16/h3-6,9-10H,7-8,16H2,1-2H3,(H,17,19). The van der Waals surface area contributed by atoms with Crippen LogP contribution in [0.3, 0.4) is 0 Å². The van der Waals surface area contributed by atoms with Gasteiger partial charge in [-0.3, -0.25) is 4.79 Å². The van der Waals surface area contributed by atoms with Crippen LogP contribution < -0.4 is 11.1 Å². The summed E-state index contributed by atoms with van der Waals surface area (Å²) in [6.07, 6.45) is 0. The Morgan fingerprint density at radius 2 is 2.15 bits per heavy atom. The van der Waals surface area contributed by atoms with Gasteiger partial charge in [-0.25, -0.2) is 4.98 Å². The molecule has 4 nitrogen and oxygen atoms in total. The summed E-state index contributed by atoms with van der Waals surface area (Å²) < 4.78 is 0. The molecule has 1 aromatic heterocycles. The van der Waals surface area contributed by atoms with Crippen LogP contribution in [0.5, 0.6) is 0 Å². The number of amides is 1. The summed E-state index contributed by atoms with van der Waals surface area (Å²) in [5.74, 6) is 0.306. The predicted molar refractivity (Wildman–Crippen MR) is 81.7 cm³/mol. The van der Waals surface area contributed by atoms with E-state index in [1.165, 1.54) is 0 Å². The van der Waals surface area contributed by atoms with Crippen molar-refractivity contribution in [2.45, 2.75) is 32.9 Å². The largest absolute Gasteiger partial charge is 0.346 e. The first-order chi connectivity index (χ1) is 9.61. The maximum absolute atomic E-state index is 12.1. The minimum absolute atomic E-state index is 0.104. The van der Waals surface area contributed by atoms with Crippen LogP contribution >= 0.6 is 11.3 Å². The molecule has 0 radical (unpaired) electrons. The van der Waals surface area contributed by atoms with Gasteiger partial charge in [0.15, 0.2) is 0 Å². The first-order valence-corrected chi connectivity index (χ1v) is 7.50. The highest BCUT2D eigenvalue weighted by molar-refractivity contribution is 7.09. The van der Waals surface area contributed by atoms with Gasteiger partial charge >= 0.3 is 0 Å². The van der Waals surface area contributed by atoms with Crippen LogP contribution in [0.15, 0.2) is 29.6 Å². The van der Waals surface area contributed by atoms with Crippen LogP contribution in [0.4, 0.5) is 0 Å². The van der Waals surface area contributed by atoms with Crippen molar-refractivity contribution in [3.63, 3.8) is 0 Å². The highest BCUT2D eigenvalue weighted by atomic mass is 32.1. The maximum Gasteiger partial charge on any atom is 0.251 e. The van der Waals surface area contributed by atoms with E-state index in [1.54, 1.807) is 17.4 Å². The number of hydrogen-bond acceptors (Lipinski definition) is 4. The molecule has 1 amide bonds. The Morgan fingerprint density at radius 3 is 2.80 bits per heavy atom. The number of nitrogens with one attached hydrogen (secondary N) is 1. The highest BCUT2D eigenvalue weighted by Crippen LogP contribution is 2.17. The Bertz CT molecular complexity index is 592. The number of nitrogens with two attached hydrogens (primary N) is 1. The molecule has 0 saturated heterocycles. The predicted octanol–water partition coefficient (Wildman–Crippen LogP) is 2.66.